The van der Waals surface area contributed by atoms with E-state index in [2.05, 4.69) is 5.32 Å². The second-order valence-corrected chi connectivity index (χ2v) is 6.26. The van der Waals surface area contributed by atoms with Crippen molar-refractivity contribution >= 4 is 40.7 Å². The van der Waals surface area contributed by atoms with Crippen molar-refractivity contribution in [2.75, 3.05) is 32.6 Å². The number of benzene rings is 2. The average Bonchev–Trinajstić information content (AvgIpc) is 2.61. The van der Waals surface area contributed by atoms with Gasteiger partial charge in [-0.25, -0.2) is 0 Å². The summed E-state index contributed by atoms with van der Waals surface area (Å²) >= 11 is 11.7. The molecule has 6 nitrogen and oxygen atoms in total. The van der Waals surface area contributed by atoms with E-state index in [-0.39, 0.29) is 25.0 Å². The van der Waals surface area contributed by atoms with E-state index in [1.807, 2.05) is 0 Å². The highest BCUT2D eigenvalue weighted by atomic mass is 35.5. The van der Waals surface area contributed by atoms with E-state index in [9.17, 15) is 9.59 Å². The van der Waals surface area contributed by atoms with Gasteiger partial charge in [0.05, 0.1) is 19.3 Å². The summed E-state index contributed by atoms with van der Waals surface area (Å²) < 4.78 is 10.5. The summed E-state index contributed by atoms with van der Waals surface area (Å²) in [5.74, 6) is 0.271. The summed E-state index contributed by atoms with van der Waals surface area (Å²) in [6, 6.07) is 11.5. The van der Waals surface area contributed by atoms with Crippen LogP contribution in [-0.2, 0) is 9.59 Å². The van der Waals surface area contributed by atoms with Crippen molar-refractivity contribution in [3.05, 3.63) is 52.5 Å². The molecule has 26 heavy (non-hydrogen) atoms. The Kier molecular flexibility index (Phi) is 7.12. The lowest BCUT2D eigenvalue weighted by atomic mass is 10.3. The number of likely N-dealkylation sites (N-methyl/N-ethyl adjacent to an activating group) is 1. The number of rotatable bonds is 7. The SMILES string of the molecule is COc1ccc(Cl)cc1NC(=O)CN(C)C(=O)COc1ccc(Cl)cc1. The molecule has 0 saturated heterocycles. The molecule has 0 aliphatic heterocycles. The minimum Gasteiger partial charge on any atom is -0.495 e. The third-order valence-corrected chi connectivity index (χ3v) is 3.91. The van der Waals surface area contributed by atoms with Crippen LogP contribution in [0, 0.1) is 0 Å². The number of hydrogen-bond donors (Lipinski definition) is 1. The maximum Gasteiger partial charge on any atom is 0.260 e. The quantitative estimate of drug-likeness (QED) is 0.777. The minimum absolute atomic E-state index is 0.140. The first-order valence-electron chi connectivity index (χ1n) is 7.64. The van der Waals surface area contributed by atoms with Crippen LogP contribution in [-0.4, -0.2) is 44.0 Å². The van der Waals surface area contributed by atoms with E-state index in [0.717, 1.165) is 0 Å². The third kappa shape index (κ3) is 5.82. The molecule has 0 fully saturated rings. The molecule has 0 heterocycles. The average molecular weight is 397 g/mol. The highest BCUT2D eigenvalue weighted by molar-refractivity contribution is 6.31. The van der Waals surface area contributed by atoms with Crippen LogP contribution >= 0.6 is 23.2 Å². The van der Waals surface area contributed by atoms with Crippen LogP contribution in [0.25, 0.3) is 0 Å². The van der Waals surface area contributed by atoms with Gasteiger partial charge in [-0.2, -0.15) is 0 Å². The Labute approximate surface area is 161 Å². The zero-order chi connectivity index (χ0) is 19.1. The molecule has 0 aromatic heterocycles. The number of anilines is 1. The molecule has 2 rings (SSSR count). The van der Waals surface area contributed by atoms with Crippen LogP contribution in [0.15, 0.2) is 42.5 Å². The molecule has 0 aliphatic rings. The summed E-state index contributed by atoms with van der Waals surface area (Å²) in [7, 11) is 3.00. The van der Waals surface area contributed by atoms with Crippen molar-refractivity contribution in [1.82, 2.24) is 4.90 Å². The number of hydrogen-bond acceptors (Lipinski definition) is 4. The zero-order valence-corrected chi connectivity index (χ0v) is 15.8. The smallest absolute Gasteiger partial charge is 0.260 e. The Morgan fingerprint density at radius 2 is 1.73 bits per heavy atom. The van der Waals surface area contributed by atoms with Gasteiger partial charge in [0.25, 0.3) is 5.91 Å². The molecular weight excluding hydrogens is 379 g/mol. The van der Waals surface area contributed by atoms with Crippen LogP contribution in [0.3, 0.4) is 0 Å². The molecule has 138 valence electrons. The Balaban J connectivity index is 1.87. The fourth-order valence-corrected chi connectivity index (χ4v) is 2.36. The van der Waals surface area contributed by atoms with E-state index < -0.39 is 0 Å². The van der Waals surface area contributed by atoms with E-state index >= 15 is 0 Å². The van der Waals surface area contributed by atoms with E-state index in [4.69, 9.17) is 32.7 Å². The van der Waals surface area contributed by atoms with Gasteiger partial charge in [-0.3, -0.25) is 9.59 Å². The van der Waals surface area contributed by atoms with Gasteiger partial charge in [-0.1, -0.05) is 23.2 Å². The van der Waals surface area contributed by atoms with E-state index in [0.29, 0.717) is 27.2 Å². The first-order chi connectivity index (χ1) is 12.4. The van der Waals surface area contributed by atoms with Crippen molar-refractivity contribution in [2.45, 2.75) is 0 Å². The van der Waals surface area contributed by atoms with Gasteiger partial charge in [0.15, 0.2) is 6.61 Å². The standard InChI is InChI=1S/C18H18Cl2N2O4/c1-22(18(24)11-26-14-6-3-12(19)4-7-14)10-17(23)21-15-9-13(20)5-8-16(15)25-2/h3-9H,10-11H2,1-2H3,(H,21,23). The Morgan fingerprint density at radius 3 is 2.38 bits per heavy atom. The molecule has 2 aromatic rings. The summed E-state index contributed by atoms with van der Waals surface area (Å²) in [5, 5.41) is 3.71. The monoisotopic (exact) mass is 396 g/mol. The number of methoxy groups -OCH3 is 1. The number of carbonyl (C=O) groups is 2. The normalized spacial score (nSPS) is 10.2. The molecule has 0 aliphatic carbocycles. The molecule has 0 atom stereocenters. The molecular formula is C18H18Cl2N2O4. The Morgan fingerprint density at radius 1 is 1.08 bits per heavy atom. The number of amides is 2. The topological polar surface area (TPSA) is 67.9 Å². The highest BCUT2D eigenvalue weighted by Crippen LogP contribution is 2.27. The maximum atomic E-state index is 12.2. The van der Waals surface area contributed by atoms with Gasteiger partial charge in [0.2, 0.25) is 5.91 Å². The summed E-state index contributed by atoms with van der Waals surface area (Å²) in [5.41, 5.74) is 0.434. The molecule has 2 amide bonds. The van der Waals surface area contributed by atoms with E-state index in [1.54, 1.807) is 42.5 Å². The highest BCUT2D eigenvalue weighted by Gasteiger charge is 2.15. The lowest BCUT2D eigenvalue weighted by Crippen LogP contribution is -2.37. The van der Waals surface area contributed by atoms with Crippen molar-refractivity contribution in [3.8, 4) is 11.5 Å². The van der Waals surface area contributed by atoms with Gasteiger partial charge in [0, 0.05) is 17.1 Å². The number of carbonyl (C=O) groups excluding carboxylic acids is 2. The zero-order valence-electron chi connectivity index (χ0n) is 14.3. The largest absolute Gasteiger partial charge is 0.495 e. The van der Waals surface area contributed by atoms with Crippen molar-refractivity contribution in [1.29, 1.82) is 0 Å². The molecule has 0 bridgehead atoms. The number of ether oxygens (including phenoxy) is 2. The van der Waals surface area contributed by atoms with Gasteiger partial charge in [-0.05, 0) is 42.5 Å². The lowest BCUT2D eigenvalue weighted by Gasteiger charge is -2.18. The number of nitrogens with zero attached hydrogens (tertiary/aromatic N) is 1. The van der Waals surface area contributed by atoms with Gasteiger partial charge >= 0.3 is 0 Å². The fraction of sp³-hybridized carbons (Fsp3) is 0.222. The third-order valence-electron chi connectivity index (χ3n) is 3.42. The summed E-state index contributed by atoms with van der Waals surface area (Å²) in [6.45, 7) is -0.329. The first kappa shape index (κ1) is 19.9. The Hall–Kier alpha value is -2.44. The summed E-state index contributed by atoms with van der Waals surface area (Å²) in [6.07, 6.45) is 0. The van der Waals surface area contributed by atoms with Crippen molar-refractivity contribution < 1.29 is 19.1 Å². The van der Waals surface area contributed by atoms with Crippen molar-refractivity contribution in [3.63, 3.8) is 0 Å². The predicted molar refractivity (Wildman–Crippen MR) is 101 cm³/mol. The maximum absolute atomic E-state index is 12.2. The molecule has 8 heteroatoms. The van der Waals surface area contributed by atoms with Crippen LogP contribution in [0.2, 0.25) is 10.0 Å². The molecule has 2 aromatic carbocycles. The van der Waals surface area contributed by atoms with E-state index in [1.165, 1.54) is 19.1 Å². The summed E-state index contributed by atoms with van der Waals surface area (Å²) in [4.78, 5) is 25.5. The molecule has 0 radical (unpaired) electrons. The van der Waals surface area contributed by atoms with Gasteiger partial charge in [-0.15, -0.1) is 0 Å². The Bertz CT molecular complexity index is 781. The van der Waals surface area contributed by atoms with Gasteiger partial charge in [0.1, 0.15) is 11.5 Å². The molecule has 0 saturated carbocycles. The van der Waals surface area contributed by atoms with Crippen LogP contribution < -0.4 is 14.8 Å². The lowest BCUT2D eigenvalue weighted by molar-refractivity contribution is -0.135. The molecule has 0 unspecified atom stereocenters. The minimum atomic E-state index is -0.382. The van der Waals surface area contributed by atoms with Crippen LogP contribution in [0.5, 0.6) is 11.5 Å². The second-order valence-electron chi connectivity index (χ2n) is 5.39. The number of halogens is 2. The van der Waals surface area contributed by atoms with Gasteiger partial charge < -0.3 is 19.7 Å². The predicted octanol–water partition coefficient (Wildman–Crippen LogP) is 3.48. The second kappa shape index (κ2) is 9.31. The van der Waals surface area contributed by atoms with Crippen LogP contribution in [0.4, 0.5) is 5.69 Å². The molecule has 0 spiro atoms. The number of nitrogens with one attached hydrogen (secondary N) is 1. The first-order valence-corrected chi connectivity index (χ1v) is 8.40. The fourth-order valence-electron chi connectivity index (χ4n) is 2.06. The van der Waals surface area contributed by atoms with Crippen LogP contribution in [0.1, 0.15) is 0 Å². The molecule has 1 N–H and O–H groups in total. The van der Waals surface area contributed by atoms with Crippen molar-refractivity contribution in [2.24, 2.45) is 0 Å².